The number of nitriles is 1. The third-order valence-electron chi connectivity index (χ3n) is 3.40. The summed E-state index contributed by atoms with van der Waals surface area (Å²) in [6.07, 6.45) is -5.15. The van der Waals surface area contributed by atoms with Crippen LogP contribution in [-0.2, 0) is 6.18 Å². The van der Waals surface area contributed by atoms with Gasteiger partial charge in [-0.05, 0) is 23.8 Å². The summed E-state index contributed by atoms with van der Waals surface area (Å²) in [6, 6.07) is 8.56. The first-order chi connectivity index (χ1) is 10.9. The Hall–Kier alpha value is -2.75. The van der Waals surface area contributed by atoms with Crippen LogP contribution in [0.3, 0.4) is 0 Å². The van der Waals surface area contributed by atoms with Crippen molar-refractivity contribution in [1.82, 2.24) is 0 Å². The number of alkyl halides is 3. The largest absolute Gasteiger partial charge is 0.485 e. The molecule has 0 N–H and O–H groups in total. The molecule has 2 aromatic rings. The van der Waals surface area contributed by atoms with Gasteiger partial charge >= 0.3 is 6.18 Å². The summed E-state index contributed by atoms with van der Waals surface area (Å²) >= 11 is 0. The van der Waals surface area contributed by atoms with Gasteiger partial charge in [-0.15, -0.1) is 0 Å². The molecule has 0 radical (unpaired) electrons. The molecule has 0 fully saturated rings. The molecular weight excluding hydrogens is 314 g/mol. The first kappa shape index (κ1) is 15.2. The van der Waals surface area contributed by atoms with Crippen LogP contribution in [-0.4, -0.2) is 6.61 Å². The van der Waals surface area contributed by atoms with Gasteiger partial charge in [0.1, 0.15) is 6.61 Å². The molecule has 0 bridgehead atoms. The van der Waals surface area contributed by atoms with Crippen LogP contribution in [0.1, 0.15) is 22.8 Å². The summed E-state index contributed by atoms with van der Waals surface area (Å²) in [5, 5.41) is 8.78. The molecule has 0 spiro atoms. The Morgan fingerprint density at radius 3 is 2.43 bits per heavy atom. The Kier molecular flexibility index (Phi) is 3.60. The van der Waals surface area contributed by atoms with Crippen molar-refractivity contribution in [2.45, 2.75) is 12.3 Å². The van der Waals surface area contributed by atoms with Crippen LogP contribution in [0.4, 0.5) is 17.6 Å². The van der Waals surface area contributed by atoms with E-state index < -0.39 is 23.7 Å². The van der Waals surface area contributed by atoms with Crippen LogP contribution in [0, 0.1) is 17.1 Å². The molecule has 1 unspecified atom stereocenters. The number of halogens is 4. The van der Waals surface area contributed by atoms with Crippen LogP contribution >= 0.6 is 0 Å². The maximum absolute atomic E-state index is 13.9. The second-order valence-corrected chi connectivity index (χ2v) is 4.93. The summed E-state index contributed by atoms with van der Waals surface area (Å²) < 4.78 is 62.4. The zero-order valence-electron chi connectivity index (χ0n) is 11.5. The SMILES string of the molecule is N#Cc1cc(F)c2c(c1)OCC(c1ccc(C(F)(F)F)cc1)O2. The van der Waals surface area contributed by atoms with Gasteiger partial charge in [0.2, 0.25) is 0 Å². The molecule has 0 amide bonds. The summed E-state index contributed by atoms with van der Waals surface area (Å²) in [5.41, 5.74) is -0.242. The lowest BCUT2D eigenvalue weighted by Crippen LogP contribution is -2.22. The fourth-order valence-electron chi connectivity index (χ4n) is 2.25. The van der Waals surface area contributed by atoms with Gasteiger partial charge in [-0.2, -0.15) is 18.4 Å². The minimum Gasteiger partial charge on any atom is -0.485 e. The van der Waals surface area contributed by atoms with E-state index in [1.54, 1.807) is 6.07 Å². The standard InChI is InChI=1S/C16H9F4NO2/c17-12-5-9(7-21)6-13-15(12)23-14(8-22-13)10-1-3-11(4-2-10)16(18,19)20/h1-6,14H,8H2. The molecule has 0 saturated heterocycles. The van der Waals surface area contributed by atoms with Crippen molar-refractivity contribution < 1.29 is 27.0 Å². The monoisotopic (exact) mass is 323 g/mol. The van der Waals surface area contributed by atoms with Gasteiger partial charge in [-0.25, -0.2) is 4.39 Å². The smallest absolute Gasteiger partial charge is 0.416 e. The maximum Gasteiger partial charge on any atom is 0.416 e. The van der Waals surface area contributed by atoms with Gasteiger partial charge in [0.05, 0.1) is 17.2 Å². The molecule has 2 aromatic carbocycles. The van der Waals surface area contributed by atoms with Gasteiger partial charge < -0.3 is 9.47 Å². The topological polar surface area (TPSA) is 42.2 Å². The number of fused-ring (bicyclic) bond motifs is 1. The van der Waals surface area contributed by atoms with Gasteiger partial charge in [0.15, 0.2) is 23.4 Å². The number of benzene rings is 2. The van der Waals surface area contributed by atoms with E-state index in [0.29, 0.717) is 5.56 Å². The highest BCUT2D eigenvalue weighted by Crippen LogP contribution is 2.39. The molecule has 1 aliphatic rings. The molecule has 0 saturated carbocycles. The van der Waals surface area contributed by atoms with E-state index in [0.717, 1.165) is 18.2 Å². The summed E-state index contributed by atoms with van der Waals surface area (Å²) in [6.45, 7) is 0.00663. The third kappa shape index (κ3) is 2.93. The summed E-state index contributed by atoms with van der Waals surface area (Å²) in [7, 11) is 0. The number of hydrogen-bond acceptors (Lipinski definition) is 3. The Morgan fingerprint density at radius 2 is 1.83 bits per heavy atom. The lowest BCUT2D eigenvalue weighted by atomic mass is 10.1. The zero-order valence-corrected chi connectivity index (χ0v) is 11.5. The molecule has 3 nitrogen and oxygen atoms in total. The number of hydrogen-bond donors (Lipinski definition) is 0. The van der Waals surface area contributed by atoms with E-state index in [-0.39, 0.29) is 23.7 Å². The van der Waals surface area contributed by atoms with E-state index >= 15 is 0 Å². The van der Waals surface area contributed by atoms with Crippen molar-refractivity contribution >= 4 is 0 Å². The molecule has 1 heterocycles. The van der Waals surface area contributed by atoms with E-state index in [2.05, 4.69) is 0 Å². The highest BCUT2D eigenvalue weighted by Gasteiger charge is 2.31. The molecule has 0 aromatic heterocycles. The number of ether oxygens (including phenoxy) is 2. The minimum atomic E-state index is -4.42. The Labute approximate surface area is 128 Å². The van der Waals surface area contributed by atoms with E-state index in [1.807, 2.05) is 0 Å². The van der Waals surface area contributed by atoms with Crippen molar-refractivity contribution in [3.63, 3.8) is 0 Å². The van der Waals surface area contributed by atoms with E-state index in [1.165, 1.54) is 18.2 Å². The maximum atomic E-state index is 13.9. The molecular formula is C16H9F4NO2. The predicted octanol–water partition coefficient (Wildman–Crippen LogP) is 4.23. The Morgan fingerprint density at radius 1 is 1.13 bits per heavy atom. The average molecular weight is 323 g/mol. The molecule has 7 heteroatoms. The highest BCUT2D eigenvalue weighted by molar-refractivity contribution is 5.49. The average Bonchev–Trinajstić information content (AvgIpc) is 2.53. The zero-order chi connectivity index (χ0) is 16.6. The molecule has 1 atom stereocenters. The highest BCUT2D eigenvalue weighted by atomic mass is 19.4. The fraction of sp³-hybridized carbons (Fsp3) is 0.188. The lowest BCUT2D eigenvalue weighted by molar-refractivity contribution is -0.137. The molecule has 1 aliphatic heterocycles. The van der Waals surface area contributed by atoms with Crippen LogP contribution in [0.5, 0.6) is 11.5 Å². The normalized spacial score (nSPS) is 16.7. The Bertz CT molecular complexity index is 778. The van der Waals surface area contributed by atoms with Crippen molar-refractivity contribution in [1.29, 1.82) is 5.26 Å². The molecule has 23 heavy (non-hydrogen) atoms. The quantitative estimate of drug-likeness (QED) is 0.738. The van der Waals surface area contributed by atoms with Crippen LogP contribution in [0.25, 0.3) is 0 Å². The van der Waals surface area contributed by atoms with Crippen molar-refractivity contribution in [3.05, 3.63) is 58.9 Å². The Balaban J connectivity index is 1.86. The first-order valence-corrected chi connectivity index (χ1v) is 6.59. The molecule has 3 rings (SSSR count). The van der Waals surface area contributed by atoms with Crippen LogP contribution in [0.15, 0.2) is 36.4 Å². The first-order valence-electron chi connectivity index (χ1n) is 6.59. The fourth-order valence-corrected chi connectivity index (χ4v) is 2.25. The predicted molar refractivity (Wildman–Crippen MR) is 71.4 cm³/mol. The summed E-state index contributed by atoms with van der Waals surface area (Å²) in [4.78, 5) is 0. The van der Waals surface area contributed by atoms with Crippen molar-refractivity contribution in [2.75, 3.05) is 6.61 Å². The second-order valence-electron chi connectivity index (χ2n) is 4.93. The van der Waals surface area contributed by atoms with Gasteiger partial charge in [-0.1, -0.05) is 12.1 Å². The van der Waals surface area contributed by atoms with Crippen molar-refractivity contribution in [3.8, 4) is 17.6 Å². The van der Waals surface area contributed by atoms with Gasteiger partial charge in [-0.3, -0.25) is 0 Å². The van der Waals surface area contributed by atoms with Crippen LogP contribution in [0.2, 0.25) is 0 Å². The van der Waals surface area contributed by atoms with E-state index in [9.17, 15) is 17.6 Å². The van der Waals surface area contributed by atoms with Gasteiger partial charge in [0, 0.05) is 6.07 Å². The lowest BCUT2D eigenvalue weighted by Gasteiger charge is -2.27. The summed E-state index contributed by atoms with van der Waals surface area (Å²) in [5.74, 6) is -0.805. The van der Waals surface area contributed by atoms with Gasteiger partial charge in [0.25, 0.3) is 0 Å². The second kappa shape index (κ2) is 5.47. The molecule has 118 valence electrons. The number of rotatable bonds is 1. The van der Waals surface area contributed by atoms with Crippen molar-refractivity contribution in [2.24, 2.45) is 0 Å². The van der Waals surface area contributed by atoms with E-state index in [4.69, 9.17) is 14.7 Å². The number of nitrogens with zero attached hydrogens (tertiary/aromatic N) is 1. The minimum absolute atomic E-state index is 0.00663. The van der Waals surface area contributed by atoms with Crippen LogP contribution < -0.4 is 9.47 Å². The molecule has 0 aliphatic carbocycles. The third-order valence-corrected chi connectivity index (χ3v) is 3.40.